The standard InChI is InChI=1S/C10H18O4/c1-4-5-8(6-11)10(13)14-9(12)7(2)3/h8,10-11,13H,2,4-6H2,1,3H3. The highest BCUT2D eigenvalue weighted by Gasteiger charge is 2.21. The maximum atomic E-state index is 11.0. The molecule has 0 aliphatic rings. The number of aliphatic hydroxyl groups excluding tert-OH is 2. The Bertz CT molecular complexity index is 200. The molecule has 82 valence electrons. The summed E-state index contributed by atoms with van der Waals surface area (Å²) in [5.74, 6) is -1.05. The fraction of sp³-hybridized carbons (Fsp3) is 0.700. The molecular formula is C10H18O4. The summed E-state index contributed by atoms with van der Waals surface area (Å²) < 4.78 is 4.67. The van der Waals surface area contributed by atoms with Crippen molar-refractivity contribution in [1.29, 1.82) is 0 Å². The third-order valence-electron chi connectivity index (χ3n) is 1.87. The predicted molar refractivity (Wildman–Crippen MR) is 52.4 cm³/mol. The maximum absolute atomic E-state index is 11.0. The Labute approximate surface area is 84.2 Å². The van der Waals surface area contributed by atoms with Gasteiger partial charge in [0.05, 0.1) is 6.61 Å². The summed E-state index contributed by atoms with van der Waals surface area (Å²) in [4.78, 5) is 11.0. The molecule has 0 aromatic heterocycles. The molecule has 0 aliphatic heterocycles. The molecular weight excluding hydrogens is 184 g/mol. The van der Waals surface area contributed by atoms with Crippen molar-refractivity contribution >= 4 is 5.97 Å². The van der Waals surface area contributed by atoms with Gasteiger partial charge in [-0.2, -0.15) is 0 Å². The van der Waals surface area contributed by atoms with Gasteiger partial charge in [-0.15, -0.1) is 0 Å². The third kappa shape index (κ3) is 4.39. The van der Waals surface area contributed by atoms with Crippen LogP contribution in [0.1, 0.15) is 26.7 Å². The molecule has 0 saturated carbocycles. The van der Waals surface area contributed by atoms with Crippen LogP contribution in [0.25, 0.3) is 0 Å². The van der Waals surface area contributed by atoms with Crippen molar-refractivity contribution in [2.24, 2.45) is 5.92 Å². The summed E-state index contributed by atoms with van der Waals surface area (Å²) in [6.07, 6.45) is 0.178. The van der Waals surface area contributed by atoms with Crippen molar-refractivity contribution in [3.63, 3.8) is 0 Å². The van der Waals surface area contributed by atoms with Gasteiger partial charge in [0.15, 0.2) is 0 Å². The number of esters is 1. The van der Waals surface area contributed by atoms with Crippen LogP contribution < -0.4 is 0 Å². The first-order valence-corrected chi connectivity index (χ1v) is 4.68. The van der Waals surface area contributed by atoms with Gasteiger partial charge in [0, 0.05) is 11.5 Å². The number of hydrogen-bond acceptors (Lipinski definition) is 4. The quantitative estimate of drug-likeness (QED) is 0.380. The van der Waals surface area contributed by atoms with E-state index in [0.29, 0.717) is 6.42 Å². The lowest BCUT2D eigenvalue weighted by Crippen LogP contribution is -2.29. The van der Waals surface area contributed by atoms with E-state index in [9.17, 15) is 9.90 Å². The molecule has 0 amide bonds. The highest BCUT2D eigenvalue weighted by atomic mass is 16.6. The minimum atomic E-state index is -1.25. The minimum Gasteiger partial charge on any atom is -0.432 e. The van der Waals surface area contributed by atoms with Gasteiger partial charge in [0.1, 0.15) is 0 Å². The highest BCUT2D eigenvalue weighted by molar-refractivity contribution is 5.86. The molecule has 4 nitrogen and oxygen atoms in total. The summed E-state index contributed by atoms with van der Waals surface area (Å²) in [7, 11) is 0. The average molecular weight is 202 g/mol. The van der Waals surface area contributed by atoms with E-state index >= 15 is 0 Å². The Morgan fingerprint density at radius 2 is 2.14 bits per heavy atom. The Balaban J connectivity index is 4.09. The van der Waals surface area contributed by atoms with E-state index in [0.717, 1.165) is 6.42 Å². The molecule has 0 aromatic rings. The van der Waals surface area contributed by atoms with Crippen molar-refractivity contribution in [3.8, 4) is 0 Å². The average Bonchev–Trinajstić information content (AvgIpc) is 2.13. The summed E-state index contributed by atoms with van der Waals surface area (Å²) in [6, 6.07) is 0. The molecule has 0 aliphatic carbocycles. The monoisotopic (exact) mass is 202 g/mol. The lowest BCUT2D eigenvalue weighted by Gasteiger charge is -2.20. The largest absolute Gasteiger partial charge is 0.432 e. The van der Waals surface area contributed by atoms with E-state index in [2.05, 4.69) is 11.3 Å². The Morgan fingerprint density at radius 3 is 2.50 bits per heavy atom. The SMILES string of the molecule is C=C(C)C(=O)OC(O)C(CO)CCC. The van der Waals surface area contributed by atoms with Crippen LogP contribution in [0.4, 0.5) is 0 Å². The molecule has 0 radical (unpaired) electrons. The molecule has 0 bridgehead atoms. The number of rotatable bonds is 6. The molecule has 2 N–H and O–H groups in total. The Morgan fingerprint density at radius 1 is 1.57 bits per heavy atom. The number of carbonyl (C=O) groups excluding carboxylic acids is 1. The topological polar surface area (TPSA) is 66.8 Å². The fourth-order valence-corrected chi connectivity index (χ4v) is 1.00. The molecule has 2 unspecified atom stereocenters. The van der Waals surface area contributed by atoms with Gasteiger partial charge < -0.3 is 14.9 Å². The second kappa shape index (κ2) is 6.56. The summed E-state index contributed by atoms with van der Waals surface area (Å²) in [5.41, 5.74) is 0.234. The molecule has 0 aromatic carbocycles. The second-order valence-corrected chi connectivity index (χ2v) is 3.31. The zero-order valence-corrected chi connectivity index (χ0v) is 8.69. The van der Waals surface area contributed by atoms with E-state index in [1.165, 1.54) is 6.92 Å². The normalized spacial score (nSPS) is 14.6. The van der Waals surface area contributed by atoms with Crippen molar-refractivity contribution in [3.05, 3.63) is 12.2 Å². The number of carbonyl (C=O) groups is 1. The Hall–Kier alpha value is -0.870. The van der Waals surface area contributed by atoms with Crippen LogP contribution in [-0.4, -0.2) is 29.1 Å². The Kier molecular flexibility index (Phi) is 6.16. The summed E-state index contributed by atoms with van der Waals surface area (Å²) in [5, 5.41) is 18.3. The first-order valence-electron chi connectivity index (χ1n) is 4.68. The van der Waals surface area contributed by atoms with Crippen molar-refractivity contribution in [2.45, 2.75) is 33.0 Å². The lowest BCUT2D eigenvalue weighted by molar-refractivity contribution is -0.175. The van der Waals surface area contributed by atoms with Gasteiger partial charge in [0.25, 0.3) is 0 Å². The highest BCUT2D eigenvalue weighted by Crippen LogP contribution is 2.13. The van der Waals surface area contributed by atoms with Gasteiger partial charge in [-0.25, -0.2) is 4.79 Å². The first-order chi connectivity index (χ1) is 6.52. The van der Waals surface area contributed by atoms with Crippen LogP contribution in [0.3, 0.4) is 0 Å². The van der Waals surface area contributed by atoms with Crippen LogP contribution >= 0.6 is 0 Å². The van der Waals surface area contributed by atoms with Crippen molar-refractivity contribution < 1.29 is 19.7 Å². The zero-order valence-electron chi connectivity index (χ0n) is 8.69. The van der Waals surface area contributed by atoms with E-state index in [-0.39, 0.29) is 12.2 Å². The maximum Gasteiger partial charge on any atom is 0.335 e. The molecule has 2 atom stereocenters. The smallest absolute Gasteiger partial charge is 0.335 e. The zero-order chi connectivity index (χ0) is 11.1. The van der Waals surface area contributed by atoms with Gasteiger partial charge in [0.2, 0.25) is 6.29 Å². The number of aliphatic hydroxyl groups is 2. The summed E-state index contributed by atoms with van der Waals surface area (Å²) in [6.45, 7) is 6.62. The van der Waals surface area contributed by atoms with Crippen LogP contribution in [0.15, 0.2) is 12.2 Å². The minimum absolute atomic E-state index is 0.196. The molecule has 0 rings (SSSR count). The van der Waals surface area contributed by atoms with E-state index in [1.54, 1.807) is 0 Å². The predicted octanol–water partition coefficient (Wildman–Crippen LogP) is 0.833. The lowest BCUT2D eigenvalue weighted by atomic mass is 10.0. The van der Waals surface area contributed by atoms with E-state index in [1.807, 2.05) is 6.92 Å². The fourth-order valence-electron chi connectivity index (χ4n) is 1.00. The molecule has 0 saturated heterocycles. The summed E-state index contributed by atoms with van der Waals surface area (Å²) >= 11 is 0. The molecule has 0 fully saturated rings. The van der Waals surface area contributed by atoms with Crippen LogP contribution in [-0.2, 0) is 9.53 Å². The van der Waals surface area contributed by atoms with Crippen LogP contribution in [0.5, 0.6) is 0 Å². The van der Waals surface area contributed by atoms with Gasteiger partial charge >= 0.3 is 5.97 Å². The van der Waals surface area contributed by atoms with E-state index < -0.39 is 18.2 Å². The third-order valence-corrected chi connectivity index (χ3v) is 1.87. The second-order valence-electron chi connectivity index (χ2n) is 3.31. The number of hydrogen-bond donors (Lipinski definition) is 2. The van der Waals surface area contributed by atoms with Crippen molar-refractivity contribution in [2.75, 3.05) is 6.61 Å². The first kappa shape index (κ1) is 13.1. The molecule has 14 heavy (non-hydrogen) atoms. The molecule has 4 heteroatoms. The molecule has 0 spiro atoms. The van der Waals surface area contributed by atoms with Gasteiger partial charge in [-0.1, -0.05) is 19.9 Å². The van der Waals surface area contributed by atoms with Gasteiger partial charge in [-0.3, -0.25) is 0 Å². The molecule has 0 heterocycles. The van der Waals surface area contributed by atoms with Crippen LogP contribution in [0, 0.1) is 5.92 Å². The van der Waals surface area contributed by atoms with Crippen LogP contribution in [0.2, 0.25) is 0 Å². The van der Waals surface area contributed by atoms with Crippen molar-refractivity contribution in [1.82, 2.24) is 0 Å². The van der Waals surface area contributed by atoms with E-state index in [4.69, 9.17) is 5.11 Å². The number of ether oxygens (including phenoxy) is 1. The van der Waals surface area contributed by atoms with Gasteiger partial charge in [-0.05, 0) is 13.3 Å².